The number of aromatic nitrogens is 2. The van der Waals surface area contributed by atoms with Gasteiger partial charge in [-0.05, 0) is 24.6 Å². The quantitative estimate of drug-likeness (QED) is 0.854. The topological polar surface area (TPSA) is 74.8 Å². The van der Waals surface area contributed by atoms with Gasteiger partial charge < -0.3 is 4.98 Å². The van der Waals surface area contributed by atoms with Crippen molar-refractivity contribution in [2.24, 2.45) is 0 Å². The van der Waals surface area contributed by atoms with Gasteiger partial charge in [0.05, 0.1) is 11.2 Å². The molecule has 0 unspecified atom stereocenters. The number of aryl methyl sites for hydroxylation is 1. The van der Waals surface area contributed by atoms with Gasteiger partial charge >= 0.3 is 0 Å². The van der Waals surface area contributed by atoms with Crippen LogP contribution in [-0.2, 0) is 16.4 Å². The maximum atomic E-state index is 12.0. The fourth-order valence-corrected chi connectivity index (χ4v) is 2.74. The van der Waals surface area contributed by atoms with E-state index in [9.17, 15) is 8.42 Å². The SMILES string of the molecule is Cc1cccc(S(=O)(=O)NCCc2cnc[nH]2)c1. The van der Waals surface area contributed by atoms with Crippen LogP contribution >= 0.6 is 0 Å². The summed E-state index contributed by atoms with van der Waals surface area (Å²) in [6.45, 7) is 2.21. The first kappa shape index (κ1) is 12.8. The zero-order chi connectivity index (χ0) is 13.0. The van der Waals surface area contributed by atoms with Gasteiger partial charge in [0, 0.05) is 24.9 Å². The number of imidazole rings is 1. The van der Waals surface area contributed by atoms with Crippen LogP contribution < -0.4 is 4.72 Å². The molecule has 1 aromatic carbocycles. The highest BCUT2D eigenvalue weighted by Gasteiger charge is 2.12. The van der Waals surface area contributed by atoms with Crippen molar-refractivity contribution in [3.63, 3.8) is 0 Å². The molecule has 0 aliphatic heterocycles. The van der Waals surface area contributed by atoms with Crippen LogP contribution in [0.25, 0.3) is 0 Å². The fourth-order valence-electron chi connectivity index (χ4n) is 1.61. The molecule has 1 aromatic heterocycles. The first-order chi connectivity index (χ1) is 8.58. The molecule has 0 fully saturated rings. The fraction of sp³-hybridized carbons (Fsp3) is 0.250. The maximum absolute atomic E-state index is 12.0. The molecule has 6 heteroatoms. The third kappa shape index (κ3) is 3.18. The van der Waals surface area contributed by atoms with E-state index >= 15 is 0 Å². The Morgan fingerprint density at radius 2 is 2.22 bits per heavy atom. The van der Waals surface area contributed by atoms with Crippen molar-refractivity contribution in [2.75, 3.05) is 6.54 Å². The molecule has 0 saturated heterocycles. The van der Waals surface area contributed by atoms with Crippen molar-refractivity contribution in [3.8, 4) is 0 Å². The molecule has 5 nitrogen and oxygen atoms in total. The summed E-state index contributed by atoms with van der Waals surface area (Å²) in [6, 6.07) is 6.84. The van der Waals surface area contributed by atoms with E-state index in [4.69, 9.17) is 0 Å². The Morgan fingerprint density at radius 3 is 2.89 bits per heavy atom. The van der Waals surface area contributed by atoms with Crippen LogP contribution in [0.1, 0.15) is 11.3 Å². The minimum Gasteiger partial charge on any atom is -0.348 e. The van der Waals surface area contributed by atoms with E-state index in [2.05, 4.69) is 14.7 Å². The van der Waals surface area contributed by atoms with Crippen molar-refractivity contribution < 1.29 is 8.42 Å². The van der Waals surface area contributed by atoms with Gasteiger partial charge in [0.2, 0.25) is 10.0 Å². The number of sulfonamides is 1. The summed E-state index contributed by atoms with van der Waals surface area (Å²) in [4.78, 5) is 7.10. The number of benzene rings is 1. The largest absolute Gasteiger partial charge is 0.348 e. The van der Waals surface area contributed by atoms with Gasteiger partial charge in [0.15, 0.2) is 0 Å². The number of hydrogen-bond acceptors (Lipinski definition) is 3. The summed E-state index contributed by atoms with van der Waals surface area (Å²) in [6.07, 6.45) is 3.84. The molecular formula is C12H15N3O2S. The van der Waals surface area contributed by atoms with Crippen molar-refractivity contribution >= 4 is 10.0 Å². The summed E-state index contributed by atoms with van der Waals surface area (Å²) in [5.74, 6) is 0. The van der Waals surface area contributed by atoms with Gasteiger partial charge in [-0.1, -0.05) is 12.1 Å². The Hall–Kier alpha value is -1.66. The van der Waals surface area contributed by atoms with Crippen LogP contribution in [0.2, 0.25) is 0 Å². The molecule has 2 aromatic rings. The van der Waals surface area contributed by atoms with Crippen molar-refractivity contribution in [1.29, 1.82) is 0 Å². The number of hydrogen-bond donors (Lipinski definition) is 2. The lowest BCUT2D eigenvalue weighted by atomic mass is 10.2. The van der Waals surface area contributed by atoms with Crippen LogP contribution in [0.4, 0.5) is 0 Å². The second-order valence-electron chi connectivity index (χ2n) is 4.04. The van der Waals surface area contributed by atoms with Gasteiger partial charge in [-0.3, -0.25) is 0 Å². The number of aromatic amines is 1. The molecule has 0 aliphatic carbocycles. The molecule has 0 bridgehead atoms. The van der Waals surface area contributed by atoms with Gasteiger partial charge in [0.25, 0.3) is 0 Å². The normalized spacial score (nSPS) is 11.6. The molecule has 0 atom stereocenters. The number of nitrogens with zero attached hydrogens (tertiary/aromatic N) is 1. The third-order valence-electron chi connectivity index (χ3n) is 2.54. The zero-order valence-corrected chi connectivity index (χ0v) is 10.9. The van der Waals surface area contributed by atoms with Crippen molar-refractivity contribution in [3.05, 3.63) is 48.0 Å². The molecule has 2 rings (SSSR count). The molecule has 1 heterocycles. The van der Waals surface area contributed by atoms with Crippen LogP contribution in [0.3, 0.4) is 0 Å². The minimum atomic E-state index is -3.42. The van der Waals surface area contributed by atoms with E-state index in [-0.39, 0.29) is 0 Å². The molecule has 0 saturated carbocycles. The second-order valence-corrected chi connectivity index (χ2v) is 5.81. The van der Waals surface area contributed by atoms with E-state index in [1.54, 1.807) is 30.7 Å². The zero-order valence-electron chi connectivity index (χ0n) is 10.1. The number of nitrogens with one attached hydrogen (secondary N) is 2. The Balaban J connectivity index is 1.99. The first-order valence-electron chi connectivity index (χ1n) is 5.61. The molecule has 0 radical (unpaired) electrons. The van der Waals surface area contributed by atoms with E-state index in [0.717, 1.165) is 11.3 Å². The molecule has 0 amide bonds. The Labute approximate surface area is 106 Å². The lowest BCUT2D eigenvalue weighted by Crippen LogP contribution is -2.26. The monoisotopic (exact) mass is 265 g/mol. The summed E-state index contributed by atoms with van der Waals surface area (Å²) >= 11 is 0. The van der Waals surface area contributed by atoms with Gasteiger partial charge in [-0.15, -0.1) is 0 Å². The van der Waals surface area contributed by atoms with E-state index in [1.807, 2.05) is 13.0 Å². The van der Waals surface area contributed by atoms with E-state index in [0.29, 0.717) is 17.9 Å². The predicted molar refractivity (Wildman–Crippen MR) is 68.7 cm³/mol. The van der Waals surface area contributed by atoms with E-state index < -0.39 is 10.0 Å². The summed E-state index contributed by atoms with van der Waals surface area (Å²) in [7, 11) is -3.42. The summed E-state index contributed by atoms with van der Waals surface area (Å²) < 4.78 is 26.5. The molecular weight excluding hydrogens is 250 g/mol. The molecule has 18 heavy (non-hydrogen) atoms. The average Bonchev–Trinajstić information content (AvgIpc) is 2.82. The standard InChI is InChI=1S/C12H15N3O2S/c1-10-3-2-4-12(7-10)18(16,17)15-6-5-11-8-13-9-14-11/h2-4,7-9,15H,5-6H2,1H3,(H,13,14). The Bertz CT molecular complexity index is 606. The second kappa shape index (κ2) is 5.32. The highest BCUT2D eigenvalue weighted by atomic mass is 32.2. The van der Waals surface area contributed by atoms with Crippen LogP contribution in [0.15, 0.2) is 41.7 Å². The lowest BCUT2D eigenvalue weighted by Gasteiger charge is -2.06. The Morgan fingerprint density at radius 1 is 1.39 bits per heavy atom. The predicted octanol–water partition coefficient (Wildman–Crippen LogP) is 1.24. The highest BCUT2D eigenvalue weighted by Crippen LogP contribution is 2.10. The summed E-state index contributed by atoms with van der Waals surface area (Å²) in [5, 5.41) is 0. The minimum absolute atomic E-state index is 0.298. The first-order valence-corrected chi connectivity index (χ1v) is 7.10. The third-order valence-corrected chi connectivity index (χ3v) is 4.00. The molecule has 2 N–H and O–H groups in total. The molecule has 96 valence electrons. The average molecular weight is 265 g/mol. The number of H-pyrrole nitrogens is 1. The van der Waals surface area contributed by atoms with Gasteiger partial charge in [-0.2, -0.15) is 0 Å². The Kier molecular flexibility index (Phi) is 3.78. The van der Waals surface area contributed by atoms with Crippen LogP contribution in [0.5, 0.6) is 0 Å². The lowest BCUT2D eigenvalue weighted by molar-refractivity contribution is 0.581. The van der Waals surface area contributed by atoms with Crippen LogP contribution in [-0.4, -0.2) is 24.9 Å². The van der Waals surface area contributed by atoms with Crippen molar-refractivity contribution in [2.45, 2.75) is 18.2 Å². The molecule has 0 spiro atoms. The summed E-state index contributed by atoms with van der Waals surface area (Å²) in [5.41, 5.74) is 1.83. The van der Waals surface area contributed by atoms with Gasteiger partial charge in [0.1, 0.15) is 0 Å². The molecule has 0 aliphatic rings. The van der Waals surface area contributed by atoms with E-state index in [1.165, 1.54) is 0 Å². The van der Waals surface area contributed by atoms with Crippen LogP contribution in [0, 0.1) is 6.92 Å². The maximum Gasteiger partial charge on any atom is 0.240 e. The van der Waals surface area contributed by atoms with Crippen molar-refractivity contribution in [1.82, 2.24) is 14.7 Å². The highest BCUT2D eigenvalue weighted by molar-refractivity contribution is 7.89. The van der Waals surface area contributed by atoms with Gasteiger partial charge in [-0.25, -0.2) is 18.1 Å². The number of rotatable bonds is 5. The smallest absolute Gasteiger partial charge is 0.240 e.